The van der Waals surface area contributed by atoms with Crippen molar-refractivity contribution in [2.45, 2.75) is 13.8 Å². The number of ketones is 1. The predicted molar refractivity (Wildman–Crippen MR) is 121 cm³/mol. The molecule has 0 unspecified atom stereocenters. The van der Waals surface area contributed by atoms with Gasteiger partial charge in [-0.25, -0.2) is 4.79 Å². The SMILES string of the molecule is CCOc1ccc2oc(C)c(C(=O)Oc3ccc(C(=O)C=Cc4cccs4)cc3)c2c1. The van der Waals surface area contributed by atoms with Crippen molar-refractivity contribution in [3.05, 3.63) is 87.8 Å². The zero-order valence-corrected chi connectivity index (χ0v) is 17.9. The third kappa shape index (κ3) is 4.59. The van der Waals surface area contributed by atoms with Crippen LogP contribution in [0.2, 0.25) is 0 Å². The standard InChI is InChI=1S/C25H20O5S/c1-3-28-19-10-13-23-21(15-19)24(16(2)29-23)25(27)30-18-8-6-17(7-9-18)22(26)12-11-20-5-4-14-31-20/h4-15H,3H2,1-2H3. The van der Waals surface area contributed by atoms with Gasteiger partial charge < -0.3 is 13.9 Å². The van der Waals surface area contributed by atoms with Crippen LogP contribution < -0.4 is 9.47 Å². The van der Waals surface area contributed by atoms with Crippen LogP contribution in [0.1, 0.15) is 38.3 Å². The zero-order chi connectivity index (χ0) is 21.8. The molecule has 0 amide bonds. The average molecular weight is 432 g/mol. The maximum Gasteiger partial charge on any atom is 0.347 e. The Labute approximate surface area is 183 Å². The van der Waals surface area contributed by atoms with Gasteiger partial charge in [-0.05, 0) is 79.9 Å². The van der Waals surface area contributed by atoms with E-state index in [4.69, 9.17) is 13.9 Å². The van der Waals surface area contributed by atoms with Gasteiger partial charge in [-0.3, -0.25) is 4.79 Å². The Bertz CT molecular complexity index is 1250. The van der Waals surface area contributed by atoms with E-state index in [1.807, 2.05) is 24.4 Å². The lowest BCUT2D eigenvalue weighted by Gasteiger charge is -2.06. The highest BCUT2D eigenvalue weighted by Crippen LogP contribution is 2.30. The van der Waals surface area contributed by atoms with Gasteiger partial charge in [-0.2, -0.15) is 0 Å². The number of hydrogen-bond acceptors (Lipinski definition) is 6. The minimum atomic E-state index is -0.526. The molecule has 0 bridgehead atoms. The first-order chi connectivity index (χ1) is 15.0. The van der Waals surface area contributed by atoms with Gasteiger partial charge in [-0.1, -0.05) is 6.07 Å². The van der Waals surface area contributed by atoms with E-state index in [1.165, 1.54) is 6.08 Å². The summed E-state index contributed by atoms with van der Waals surface area (Å²) in [6.45, 7) is 4.14. The van der Waals surface area contributed by atoms with Gasteiger partial charge in [0.05, 0.1) is 6.61 Å². The molecule has 4 aromatic rings. The van der Waals surface area contributed by atoms with Crippen molar-refractivity contribution in [3.63, 3.8) is 0 Å². The Morgan fingerprint density at radius 1 is 1.06 bits per heavy atom. The second-order valence-corrected chi connectivity index (χ2v) is 7.73. The maximum absolute atomic E-state index is 12.8. The normalized spacial score (nSPS) is 11.2. The van der Waals surface area contributed by atoms with Crippen LogP contribution in [0.5, 0.6) is 11.5 Å². The molecule has 0 aliphatic heterocycles. The molecule has 156 valence electrons. The number of carbonyl (C=O) groups excluding carboxylic acids is 2. The molecule has 2 aromatic heterocycles. The van der Waals surface area contributed by atoms with Crippen LogP contribution in [-0.2, 0) is 0 Å². The molecule has 0 aliphatic carbocycles. The van der Waals surface area contributed by atoms with Crippen molar-refractivity contribution < 1.29 is 23.5 Å². The smallest absolute Gasteiger partial charge is 0.347 e. The number of benzene rings is 2. The number of hydrogen-bond donors (Lipinski definition) is 0. The van der Waals surface area contributed by atoms with E-state index in [1.54, 1.807) is 66.8 Å². The predicted octanol–water partition coefficient (Wildman–Crippen LogP) is 6.32. The Hall–Kier alpha value is -3.64. The van der Waals surface area contributed by atoms with Crippen molar-refractivity contribution >= 4 is 40.1 Å². The van der Waals surface area contributed by atoms with Crippen molar-refractivity contribution in [1.82, 2.24) is 0 Å². The minimum Gasteiger partial charge on any atom is -0.494 e. The number of carbonyl (C=O) groups is 2. The van der Waals surface area contributed by atoms with Gasteiger partial charge in [0.25, 0.3) is 0 Å². The maximum atomic E-state index is 12.8. The van der Waals surface area contributed by atoms with Gasteiger partial charge >= 0.3 is 5.97 Å². The van der Waals surface area contributed by atoms with Gasteiger partial charge in [0.2, 0.25) is 0 Å². The molecule has 0 aliphatic rings. The quantitative estimate of drug-likeness (QED) is 0.148. The first-order valence-corrected chi connectivity index (χ1v) is 10.7. The third-order valence-electron chi connectivity index (χ3n) is 4.64. The molecule has 2 heterocycles. The van der Waals surface area contributed by atoms with Crippen LogP contribution in [0.3, 0.4) is 0 Å². The number of rotatable bonds is 7. The lowest BCUT2D eigenvalue weighted by molar-refractivity contribution is 0.0734. The van der Waals surface area contributed by atoms with Crippen molar-refractivity contribution in [1.29, 1.82) is 0 Å². The summed E-state index contributed by atoms with van der Waals surface area (Å²) < 4.78 is 16.7. The topological polar surface area (TPSA) is 65.7 Å². The molecular weight excluding hydrogens is 412 g/mol. The number of thiophene rings is 1. The molecule has 5 nitrogen and oxygen atoms in total. The highest BCUT2D eigenvalue weighted by atomic mass is 32.1. The zero-order valence-electron chi connectivity index (χ0n) is 17.1. The van der Waals surface area contributed by atoms with E-state index in [9.17, 15) is 9.59 Å². The number of allylic oxidation sites excluding steroid dienone is 1. The molecule has 0 saturated carbocycles. The van der Waals surface area contributed by atoms with E-state index >= 15 is 0 Å². The fraction of sp³-hybridized carbons (Fsp3) is 0.120. The van der Waals surface area contributed by atoms with Crippen LogP contribution in [0.15, 0.2) is 70.5 Å². The summed E-state index contributed by atoms with van der Waals surface area (Å²) in [5.41, 5.74) is 1.46. The molecule has 0 N–H and O–H groups in total. The molecule has 31 heavy (non-hydrogen) atoms. The molecule has 0 fully saturated rings. The van der Waals surface area contributed by atoms with E-state index in [-0.39, 0.29) is 5.78 Å². The Morgan fingerprint density at radius 3 is 2.55 bits per heavy atom. The number of aryl methyl sites for hydroxylation is 1. The summed E-state index contributed by atoms with van der Waals surface area (Å²) in [5, 5.41) is 2.59. The monoisotopic (exact) mass is 432 g/mol. The molecule has 0 spiro atoms. The highest BCUT2D eigenvalue weighted by Gasteiger charge is 2.21. The van der Waals surface area contributed by atoms with Crippen LogP contribution in [0, 0.1) is 6.92 Å². The molecule has 0 radical (unpaired) electrons. The largest absolute Gasteiger partial charge is 0.494 e. The fourth-order valence-electron chi connectivity index (χ4n) is 3.19. The second-order valence-electron chi connectivity index (χ2n) is 6.75. The first-order valence-electron chi connectivity index (χ1n) is 9.79. The summed E-state index contributed by atoms with van der Waals surface area (Å²) in [6.07, 6.45) is 3.31. The summed E-state index contributed by atoms with van der Waals surface area (Å²) in [4.78, 5) is 26.2. The number of furan rings is 1. The van der Waals surface area contributed by atoms with E-state index < -0.39 is 5.97 Å². The number of fused-ring (bicyclic) bond motifs is 1. The molecule has 4 rings (SSSR count). The summed E-state index contributed by atoms with van der Waals surface area (Å²) in [5.74, 6) is 0.828. The molecule has 6 heteroatoms. The minimum absolute atomic E-state index is 0.119. The first kappa shape index (κ1) is 20.6. The van der Waals surface area contributed by atoms with Crippen LogP contribution in [0.4, 0.5) is 0 Å². The van der Waals surface area contributed by atoms with Gasteiger partial charge in [0.15, 0.2) is 5.78 Å². The van der Waals surface area contributed by atoms with Crippen LogP contribution in [-0.4, -0.2) is 18.4 Å². The van der Waals surface area contributed by atoms with Crippen LogP contribution in [0.25, 0.3) is 17.0 Å². The average Bonchev–Trinajstić information content (AvgIpc) is 3.39. The summed E-state index contributed by atoms with van der Waals surface area (Å²) in [7, 11) is 0. The molecule has 0 saturated heterocycles. The van der Waals surface area contributed by atoms with Crippen LogP contribution >= 0.6 is 11.3 Å². The van der Waals surface area contributed by atoms with Crippen molar-refractivity contribution in [2.75, 3.05) is 6.61 Å². The van der Waals surface area contributed by atoms with E-state index in [2.05, 4.69) is 0 Å². The summed E-state index contributed by atoms with van der Waals surface area (Å²) >= 11 is 1.56. The van der Waals surface area contributed by atoms with E-state index in [0.717, 1.165) is 4.88 Å². The van der Waals surface area contributed by atoms with Gasteiger partial charge in [0.1, 0.15) is 28.4 Å². The van der Waals surface area contributed by atoms with Crippen molar-refractivity contribution in [2.24, 2.45) is 0 Å². The summed E-state index contributed by atoms with van der Waals surface area (Å²) in [6, 6.07) is 15.7. The van der Waals surface area contributed by atoms with Gasteiger partial charge in [0, 0.05) is 15.8 Å². The lowest BCUT2D eigenvalue weighted by Crippen LogP contribution is -2.09. The third-order valence-corrected chi connectivity index (χ3v) is 5.48. The molecule has 0 atom stereocenters. The fourth-order valence-corrected chi connectivity index (χ4v) is 3.81. The molecular formula is C25H20O5S. The van der Waals surface area contributed by atoms with Gasteiger partial charge in [-0.15, -0.1) is 11.3 Å². The highest BCUT2D eigenvalue weighted by molar-refractivity contribution is 7.10. The molecule has 2 aromatic carbocycles. The Morgan fingerprint density at radius 2 is 1.84 bits per heavy atom. The second kappa shape index (κ2) is 9.02. The number of esters is 1. The Balaban J connectivity index is 1.50. The van der Waals surface area contributed by atoms with E-state index in [0.29, 0.717) is 46.0 Å². The van der Waals surface area contributed by atoms with Crippen molar-refractivity contribution in [3.8, 4) is 11.5 Å². The number of ether oxygens (including phenoxy) is 2. The Kier molecular flexibility index (Phi) is 6.00. The lowest BCUT2D eigenvalue weighted by atomic mass is 10.1.